The molecule has 0 fully saturated rings. The lowest BCUT2D eigenvalue weighted by molar-refractivity contribution is -0.124. The summed E-state index contributed by atoms with van der Waals surface area (Å²) in [5, 5.41) is 0. The number of carbonyl (C=O) groups excluding carboxylic acids is 1. The number of allylic oxidation sites excluding steroid dienone is 2. The predicted molar refractivity (Wildman–Crippen MR) is 115 cm³/mol. The fraction of sp³-hybridized carbons (Fsp3) is 0.417. The third-order valence-electron chi connectivity index (χ3n) is 6.38. The summed E-state index contributed by atoms with van der Waals surface area (Å²) in [7, 11) is 0. The average Bonchev–Trinajstić information content (AvgIpc) is 3.23. The number of hydrogen-bond donors (Lipinski definition) is 0. The SMILES string of the molecule is CC1=CCCC=C1CN1C2=NCCN2C(=O)C2=C1CCN(Cc1ccccc1)C2. The molecule has 5 rings (SSSR count). The fourth-order valence-corrected chi connectivity index (χ4v) is 4.79. The summed E-state index contributed by atoms with van der Waals surface area (Å²) in [6.45, 7) is 7.01. The molecule has 0 saturated heterocycles. The first kappa shape index (κ1) is 18.4. The topological polar surface area (TPSA) is 39.1 Å². The van der Waals surface area contributed by atoms with E-state index in [2.05, 4.69) is 53.1 Å². The Balaban J connectivity index is 1.43. The summed E-state index contributed by atoms with van der Waals surface area (Å²) in [5.41, 5.74) is 6.19. The van der Waals surface area contributed by atoms with Gasteiger partial charge in [0.1, 0.15) is 0 Å². The van der Waals surface area contributed by atoms with E-state index in [-0.39, 0.29) is 5.91 Å². The number of rotatable bonds is 4. The number of hydrogen-bond acceptors (Lipinski definition) is 4. The summed E-state index contributed by atoms with van der Waals surface area (Å²) < 4.78 is 0. The Hall–Kier alpha value is -2.66. The van der Waals surface area contributed by atoms with E-state index >= 15 is 0 Å². The highest BCUT2D eigenvalue weighted by atomic mass is 16.2. The van der Waals surface area contributed by atoms with E-state index in [1.165, 1.54) is 22.4 Å². The molecule has 5 nitrogen and oxygen atoms in total. The fourth-order valence-electron chi connectivity index (χ4n) is 4.79. The van der Waals surface area contributed by atoms with Gasteiger partial charge in [-0.2, -0.15) is 0 Å². The van der Waals surface area contributed by atoms with Crippen molar-refractivity contribution in [3.05, 3.63) is 70.5 Å². The van der Waals surface area contributed by atoms with Crippen LogP contribution in [0.5, 0.6) is 0 Å². The summed E-state index contributed by atoms with van der Waals surface area (Å²) in [4.78, 5) is 24.6. The Morgan fingerprint density at radius 3 is 2.69 bits per heavy atom. The van der Waals surface area contributed by atoms with Gasteiger partial charge in [0.25, 0.3) is 5.91 Å². The lowest BCUT2D eigenvalue weighted by Crippen LogP contribution is -2.54. The van der Waals surface area contributed by atoms with E-state index in [1.807, 2.05) is 11.0 Å². The van der Waals surface area contributed by atoms with Crippen LogP contribution in [0.2, 0.25) is 0 Å². The lowest BCUT2D eigenvalue weighted by atomic mass is 9.96. The lowest BCUT2D eigenvalue weighted by Gasteiger charge is -2.43. The van der Waals surface area contributed by atoms with Gasteiger partial charge in [-0.1, -0.05) is 48.1 Å². The quantitative estimate of drug-likeness (QED) is 0.794. The molecule has 4 aliphatic rings. The highest BCUT2D eigenvalue weighted by molar-refractivity contribution is 6.10. The van der Waals surface area contributed by atoms with E-state index in [4.69, 9.17) is 4.99 Å². The van der Waals surface area contributed by atoms with Gasteiger partial charge >= 0.3 is 0 Å². The van der Waals surface area contributed by atoms with Crippen molar-refractivity contribution in [1.82, 2.24) is 14.7 Å². The van der Waals surface area contributed by atoms with Gasteiger partial charge in [-0.05, 0) is 30.9 Å². The van der Waals surface area contributed by atoms with E-state index in [9.17, 15) is 4.79 Å². The third kappa shape index (κ3) is 3.44. The molecule has 0 radical (unpaired) electrons. The zero-order valence-corrected chi connectivity index (χ0v) is 17.1. The minimum atomic E-state index is 0.162. The van der Waals surface area contributed by atoms with Crippen molar-refractivity contribution in [3.63, 3.8) is 0 Å². The molecule has 0 bridgehead atoms. The third-order valence-corrected chi connectivity index (χ3v) is 6.38. The number of guanidine groups is 1. The largest absolute Gasteiger partial charge is 0.311 e. The number of nitrogens with zero attached hydrogens (tertiary/aromatic N) is 4. The number of fused-ring (bicyclic) bond motifs is 1. The number of amides is 1. The van der Waals surface area contributed by atoms with E-state index in [0.29, 0.717) is 13.1 Å². The maximum atomic E-state index is 13.2. The predicted octanol–water partition coefficient (Wildman–Crippen LogP) is 3.33. The minimum Gasteiger partial charge on any atom is -0.311 e. The zero-order valence-electron chi connectivity index (χ0n) is 17.1. The standard InChI is InChI=1S/C24H28N4O/c1-18-7-5-6-10-20(18)16-28-22-11-13-26(15-19-8-3-2-4-9-19)17-21(22)23(29)27-14-12-25-24(27)28/h2-4,7-10H,5-6,11-17H2,1H3. The van der Waals surface area contributed by atoms with Crippen LogP contribution in [-0.2, 0) is 11.3 Å². The molecule has 1 amide bonds. The Morgan fingerprint density at radius 2 is 1.86 bits per heavy atom. The van der Waals surface area contributed by atoms with E-state index < -0.39 is 0 Å². The molecule has 5 heteroatoms. The van der Waals surface area contributed by atoms with Crippen molar-refractivity contribution >= 4 is 11.9 Å². The first-order chi connectivity index (χ1) is 14.2. The second-order valence-corrected chi connectivity index (χ2v) is 8.29. The van der Waals surface area contributed by atoms with Crippen molar-refractivity contribution < 1.29 is 4.79 Å². The molecule has 0 aromatic heterocycles. The van der Waals surface area contributed by atoms with Crippen LogP contribution in [-0.4, -0.2) is 59.3 Å². The molecular weight excluding hydrogens is 360 g/mol. The Morgan fingerprint density at radius 1 is 1.03 bits per heavy atom. The van der Waals surface area contributed by atoms with Crippen molar-refractivity contribution in [3.8, 4) is 0 Å². The van der Waals surface area contributed by atoms with Gasteiger partial charge in [-0.25, -0.2) is 0 Å². The second kappa shape index (κ2) is 7.64. The molecule has 0 spiro atoms. The van der Waals surface area contributed by atoms with Crippen LogP contribution >= 0.6 is 0 Å². The molecule has 29 heavy (non-hydrogen) atoms. The summed E-state index contributed by atoms with van der Waals surface area (Å²) in [5.74, 6) is 1.03. The van der Waals surface area contributed by atoms with E-state index in [1.54, 1.807) is 0 Å². The molecule has 3 aliphatic heterocycles. The normalized spacial score (nSPS) is 22.2. The maximum absolute atomic E-state index is 13.2. The first-order valence-corrected chi connectivity index (χ1v) is 10.7. The molecule has 0 N–H and O–H groups in total. The Labute approximate surface area is 172 Å². The first-order valence-electron chi connectivity index (χ1n) is 10.7. The molecule has 1 aromatic carbocycles. The number of carbonyl (C=O) groups is 1. The second-order valence-electron chi connectivity index (χ2n) is 8.29. The Bertz CT molecular complexity index is 941. The van der Waals surface area contributed by atoms with Gasteiger partial charge in [0.05, 0.1) is 18.7 Å². The summed E-state index contributed by atoms with van der Waals surface area (Å²) in [6, 6.07) is 10.5. The van der Waals surface area contributed by atoms with Gasteiger partial charge in [0.2, 0.25) is 5.96 Å². The van der Waals surface area contributed by atoms with Crippen LogP contribution in [0.4, 0.5) is 0 Å². The summed E-state index contributed by atoms with van der Waals surface area (Å²) >= 11 is 0. The number of aliphatic imine (C=N–C) groups is 1. The van der Waals surface area contributed by atoms with Gasteiger partial charge < -0.3 is 4.90 Å². The van der Waals surface area contributed by atoms with Gasteiger partial charge in [-0.3, -0.25) is 19.6 Å². The molecule has 0 saturated carbocycles. The average molecular weight is 389 g/mol. The molecule has 1 aromatic rings. The van der Waals surface area contributed by atoms with Crippen LogP contribution in [0, 0.1) is 0 Å². The van der Waals surface area contributed by atoms with Gasteiger partial charge in [0.15, 0.2) is 0 Å². The molecule has 0 atom stereocenters. The van der Waals surface area contributed by atoms with Crippen molar-refractivity contribution in [2.24, 2.45) is 4.99 Å². The maximum Gasteiger partial charge on any atom is 0.259 e. The molecular formula is C24H28N4O. The van der Waals surface area contributed by atoms with Crippen LogP contribution < -0.4 is 0 Å². The Kier molecular flexibility index (Phi) is 4.84. The minimum absolute atomic E-state index is 0.162. The molecule has 150 valence electrons. The van der Waals surface area contributed by atoms with Crippen LogP contribution in [0.3, 0.4) is 0 Å². The number of benzene rings is 1. The zero-order chi connectivity index (χ0) is 19.8. The smallest absolute Gasteiger partial charge is 0.259 e. The van der Waals surface area contributed by atoms with Crippen LogP contribution in [0.15, 0.2) is 69.9 Å². The highest BCUT2D eigenvalue weighted by Crippen LogP contribution is 2.33. The molecule has 3 heterocycles. The van der Waals surface area contributed by atoms with Crippen LogP contribution in [0.1, 0.15) is 31.7 Å². The van der Waals surface area contributed by atoms with Gasteiger partial charge in [0, 0.05) is 38.3 Å². The highest BCUT2D eigenvalue weighted by Gasteiger charge is 2.41. The van der Waals surface area contributed by atoms with Crippen LogP contribution in [0.25, 0.3) is 0 Å². The molecule has 1 aliphatic carbocycles. The van der Waals surface area contributed by atoms with Crippen molar-refractivity contribution in [1.29, 1.82) is 0 Å². The monoisotopic (exact) mass is 388 g/mol. The summed E-state index contributed by atoms with van der Waals surface area (Å²) in [6.07, 6.45) is 7.82. The van der Waals surface area contributed by atoms with Gasteiger partial charge in [-0.15, -0.1) is 0 Å². The van der Waals surface area contributed by atoms with E-state index in [0.717, 1.165) is 57.0 Å². The van der Waals surface area contributed by atoms with Crippen molar-refractivity contribution in [2.45, 2.75) is 32.7 Å². The molecule has 0 unspecified atom stereocenters. The van der Waals surface area contributed by atoms with Crippen molar-refractivity contribution in [2.75, 3.05) is 32.7 Å².